The molecule has 3 aromatic rings. The fraction of sp³-hybridized carbons (Fsp3) is 0.333. The predicted octanol–water partition coefficient (Wildman–Crippen LogP) is 3.14. The lowest BCUT2D eigenvalue weighted by Gasteiger charge is -2.35. The number of rotatable bonds is 6. The summed E-state index contributed by atoms with van der Waals surface area (Å²) in [6.45, 7) is 4.06. The topological polar surface area (TPSA) is 54.9 Å². The zero-order valence-electron chi connectivity index (χ0n) is 17.5. The number of piperazine rings is 1. The van der Waals surface area contributed by atoms with Gasteiger partial charge < -0.3 is 14.4 Å². The van der Waals surface area contributed by atoms with Crippen molar-refractivity contribution >= 4 is 16.8 Å². The smallest absolute Gasteiger partial charge is 0.227 e. The van der Waals surface area contributed by atoms with Gasteiger partial charge in [-0.1, -0.05) is 30.3 Å². The Morgan fingerprint density at radius 3 is 2.50 bits per heavy atom. The molecule has 156 valence electrons. The molecular formula is C24H27N3O3. The maximum absolute atomic E-state index is 12.8. The van der Waals surface area contributed by atoms with E-state index >= 15 is 0 Å². The number of aromatic nitrogens is 1. The number of hydrogen-bond acceptors (Lipinski definition) is 5. The summed E-state index contributed by atoms with van der Waals surface area (Å²) in [4.78, 5) is 21.7. The van der Waals surface area contributed by atoms with Crippen LogP contribution in [0.25, 0.3) is 10.9 Å². The Morgan fingerprint density at radius 1 is 0.967 bits per heavy atom. The van der Waals surface area contributed by atoms with Crippen LogP contribution in [0.3, 0.4) is 0 Å². The summed E-state index contributed by atoms with van der Waals surface area (Å²) in [6, 6.07) is 16.0. The normalized spacial score (nSPS) is 14.7. The van der Waals surface area contributed by atoms with Crippen molar-refractivity contribution in [2.45, 2.75) is 13.0 Å². The summed E-state index contributed by atoms with van der Waals surface area (Å²) < 4.78 is 10.6. The number of ether oxygens (including phenoxy) is 2. The van der Waals surface area contributed by atoms with Gasteiger partial charge in [0.05, 0.1) is 26.2 Å². The minimum atomic E-state index is 0.147. The van der Waals surface area contributed by atoms with Gasteiger partial charge in [-0.25, -0.2) is 0 Å². The number of carbonyl (C=O) groups is 1. The van der Waals surface area contributed by atoms with Crippen LogP contribution >= 0.6 is 0 Å². The molecule has 1 aliphatic heterocycles. The number of pyridine rings is 1. The maximum atomic E-state index is 12.8. The van der Waals surface area contributed by atoms with Crippen molar-refractivity contribution in [1.29, 1.82) is 0 Å². The molecule has 0 radical (unpaired) electrons. The highest BCUT2D eigenvalue weighted by molar-refractivity contribution is 5.81. The Kier molecular flexibility index (Phi) is 6.14. The Balaban J connectivity index is 1.34. The summed E-state index contributed by atoms with van der Waals surface area (Å²) in [5.41, 5.74) is 3.23. The van der Waals surface area contributed by atoms with E-state index in [2.05, 4.69) is 34.1 Å². The Hall–Kier alpha value is -3.12. The zero-order valence-corrected chi connectivity index (χ0v) is 17.5. The van der Waals surface area contributed by atoms with Crippen LogP contribution in [0.5, 0.6) is 11.5 Å². The van der Waals surface area contributed by atoms with Crippen LogP contribution in [0.1, 0.15) is 11.1 Å². The molecule has 1 saturated heterocycles. The fourth-order valence-electron chi connectivity index (χ4n) is 3.97. The highest BCUT2D eigenvalue weighted by atomic mass is 16.5. The second kappa shape index (κ2) is 9.13. The zero-order chi connectivity index (χ0) is 20.9. The van der Waals surface area contributed by atoms with Gasteiger partial charge in [0.25, 0.3) is 0 Å². The van der Waals surface area contributed by atoms with Gasteiger partial charge in [0.2, 0.25) is 5.91 Å². The van der Waals surface area contributed by atoms with Crippen LogP contribution in [0, 0.1) is 0 Å². The van der Waals surface area contributed by atoms with Gasteiger partial charge in [-0.05, 0) is 29.3 Å². The highest BCUT2D eigenvalue weighted by Crippen LogP contribution is 2.28. The third-order valence-corrected chi connectivity index (χ3v) is 5.64. The van der Waals surface area contributed by atoms with Gasteiger partial charge in [0.1, 0.15) is 0 Å². The summed E-state index contributed by atoms with van der Waals surface area (Å²) in [5, 5.41) is 1.17. The lowest BCUT2D eigenvalue weighted by atomic mass is 10.1. The predicted molar refractivity (Wildman–Crippen MR) is 117 cm³/mol. The van der Waals surface area contributed by atoms with Crippen molar-refractivity contribution in [3.05, 3.63) is 65.9 Å². The minimum absolute atomic E-state index is 0.147. The van der Waals surface area contributed by atoms with Crippen LogP contribution in [0.2, 0.25) is 0 Å². The molecule has 6 heteroatoms. The third-order valence-electron chi connectivity index (χ3n) is 5.64. The van der Waals surface area contributed by atoms with Gasteiger partial charge in [-0.15, -0.1) is 0 Å². The molecule has 0 N–H and O–H groups in total. The van der Waals surface area contributed by atoms with Gasteiger partial charge >= 0.3 is 0 Å². The van der Waals surface area contributed by atoms with E-state index in [9.17, 15) is 4.79 Å². The molecule has 30 heavy (non-hydrogen) atoms. The molecule has 1 amide bonds. The van der Waals surface area contributed by atoms with E-state index in [-0.39, 0.29) is 5.91 Å². The second-order valence-electron chi connectivity index (χ2n) is 7.52. The number of benzene rings is 2. The van der Waals surface area contributed by atoms with Crippen molar-refractivity contribution in [2.24, 2.45) is 0 Å². The number of hydrogen-bond donors (Lipinski definition) is 0. The number of nitrogens with zero attached hydrogens (tertiary/aromatic N) is 3. The third kappa shape index (κ3) is 4.39. The van der Waals surface area contributed by atoms with Crippen LogP contribution in [0.15, 0.2) is 54.7 Å². The molecule has 0 atom stereocenters. The van der Waals surface area contributed by atoms with E-state index < -0.39 is 0 Å². The molecular weight excluding hydrogens is 378 g/mol. The summed E-state index contributed by atoms with van der Waals surface area (Å²) in [5.74, 6) is 1.47. The molecule has 0 aliphatic carbocycles. The van der Waals surface area contributed by atoms with Crippen LogP contribution in [-0.4, -0.2) is 61.1 Å². The molecule has 6 nitrogen and oxygen atoms in total. The Bertz CT molecular complexity index is 1020. The lowest BCUT2D eigenvalue weighted by molar-refractivity contribution is -0.132. The molecule has 1 aromatic heterocycles. The van der Waals surface area contributed by atoms with Crippen molar-refractivity contribution in [2.75, 3.05) is 40.4 Å². The lowest BCUT2D eigenvalue weighted by Crippen LogP contribution is -2.48. The number of methoxy groups -OCH3 is 2. The molecule has 1 fully saturated rings. The maximum Gasteiger partial charge on any atom is 0.227 e. The molecule has 2 heterocycles. The second-order valence-corrected chi connectivity index (χ2v) is 7.52. The van der Waals surface area contributed by atoms with E-state index in [0.717, 1.165) is 43.8 Å². The summed E-state index contributed by atoms with van der Waals surface area (Å²) in [6.07, 6.45) is 2.21. The van der Waals surface area contributed by atoms with Gasteiger partial charge in [0, 0.05) is 44.3 Å². The first-order chi connectivity index (χ1) is 14.7. The summed E-state index contributed by atoms with van der Waals surface area (Å²) >= 11 is 0. The fourth-order valence-corrected chi connectivity index (χ4v) is 3.97. The monoisotopic (exact) mass is 405 g/mol. The molecule has 4 rings (SSSR count). The molecule has 0 spiro atoms. The number of para-hydroxylation sites is 1. The SMILES string of the molecule is COc1ccc(CC(=O)N2CCN(Cc3cccc4cccnc34)CC2)cc1OC. The van der Waals surface area contributed by atoms with Gasteiger partial charge in [0.15, 0.2) is 11.5 Å². The van der Waals surface area contributed by atoms with Crippen molar-refractivity contribution in [3.63, 3.8) is 0 Å². The van der Waals surface area contributed by atoms with Crippen LogP contribution < -0.4 is 9.47 Å². The number of amides is 1. The number of carbonyl (C=O) groups excluding carboxylic acids is 1. The van der Waals surface area contributed by atoms with E-state index in [0.29, 0.717) is 17.9 Å². The molecule has 0 bridgehead atoms. The molecule has 2 aromatic carbocycles. The van der Waals surface area contributed by atoms with Crippen molar-refractivity contribution in [3.8, 4) is 11.5 Å². The quantitative estimate of drug-likeness (QED) is 0.631. The first-order valence-corrected chi connectivity index (χ1v) is 10.2. The molecule has 1 aliphatic rings. The Morgan fingerprint density at radius 2 is 1.73 bits per heavy atom. The first kappa shape index (κ1) is 20.2. The van der Waals surface area contributed by atoms with Crippen molar-refractivity contribution in [1.82, 2.24) is 14.8 Å². The molecule has 0 unspecified atom stereocenters. The molecule has 0 saturated carbocycles. The Labute approximate surface area is 177 Å². The standard InChI is InChI=1S/C24H27N3O3/c1-29-21-9-8-18(15-22(21)30-2)16-23(28)27-13-11-26(12-14-27)17-20-6-3-5-19-7-4-10-25-24(19)20/h3-10,15H,11-14,16-17H2,1-2H3. The van der Waals surface area contributed by atoms with Gasteiger partial charge in [-0.3, -0.25) is 14.7 Å². The van der Waals surface area contributed by atoms with Gasteiger partial charge in [-0.2, -0.15) is 0 Å². The average Bonchev–Trinajstić information content (AvgIpc) is 2.79. The highest BCUT2D eigenvalue weighted by Gasteiger charge is 2.22. The summed E-state index contributed by atoms with van der Waals surface area (Å²) in [7, 11) is 3.21. The van der Waals surface area contributed by atoms with E-state index in [1.54, 1.807) is 14.2 Å². The van der Waals surface area contributed by atoms with Crippen LogP contribution in [-0.2, 0) is 17.8 Å². The minimum Gasteiger partial charge on any atom is -0.493 e. The van der Waals surface area contributed by atoms with Crippen LogP contribution in [0.4, 0.5) is 0 Å². The van der Waals surface area contributed by atoms with Crippen molar-refractivity contribution < 1.29 is 14.3 Å². The largest absolute Gasteiger partial charge is 0.493 e. The van der Waals surface area contributed by atoms with E-state index in [1.807, 2.05) is 35.4 Å². The average molecular weight is 405 g/mol. The number of fused-ring (bicyclic) bond motifs is 1. The first-order valence-electron chi connectivity index (χ1n) is 10.2. The van der Waals surface area contributed by atoms with E-state index in [4.69, 9.17) is 9.47 Å². The van der Waals surface area contributed by atoms with E-state index in [1.165, 1.54) is 10.9 Å².